The second kappa shape index (κ2) is 5.76. The minimum absolute atomic E-state index is 0.0856. The average molecular weight is 266 g/mol. The van der Waals surface area contributed by atoms with E-state index in [1.165, 1.54) is 0 Å². The third-order valence-electron chi connectivity index (χ3n) is 3.92. The monoisotopic (exact) mass is 266 g/mol. The second-order valence-corrected chi connectivity index (χ2v) is 5.98. The molecule has 4 nitrogen and oxygen atoms in total. The fraction of sp³-hybridized carbons (Fsp3) is 0.733. The van der Waals surface area contributed by atoms with E-state index in [1.54, 1.807) is 0 Å². The van der Waals surface area contributed by atoms with Gasteiger partial charge in [-0.15, -0.1) is 0 Å². The lowest BCUT2D eigenvalue weighted by molar-refractivity contribution is -0.142. The van der Waals surface area contributed by atoms with Gasteiger partial charge in [-0.3, -0.25) is 4.79 Å². The zero-order valence-electron chi connectivity index (χ0n) is 11.6. The molecule has 1 unspecified atom stereocenters. The fourth-order valence-corrected chi connectivity index (χ4v) is 2.89. The van der Waals surface area contributed by atoms with Crippen LogP contribution in [0.3, 0.4) is 0 Å². The maximum absolute atomic E-state index is 12.3. The number of esters is 1. The summed E-state index contributed by atoms with van der Waals surface area (Å²) in [5, 5.41) is 10.1. The number of rotatable bonds is 4. The van der Waals surface area contributed by atoms with Gasteiger partial charge in [0.1, 0.15) is 5.57 Å². The van der Waals surface area contributed by atoms with Crippen LogP contribution in [-0.4, -0.2) is 23.0 Å². The molecule has 1 N–H and O–H groups in total. The molecule has 1 heterocycles. The highest BCUT2D eigenvalue weighted by Gasteiger charge is 2.40. The van der Waals surface area contributed by atoms with Gasteiger partial charge in [0.05, 0.1) is 0 Å². The minimum Gasteiger partial charge on any atom is -0.507 e. The van der Waals surface area contributed by atoms with E-state index in [2.05, 4.69) is 0 Å². The highest BCUT2D eigenvalue weighted by atomic mass is 16.6. The number of carbonyl (C=O) groups is 2. The number of carbonyl (C=O) groups excluding carboxylic acids is 2. The normalized spacial score (nSPS) is 25.0. The van der Waals surface area contributed by atoms with Crippen molar-refractivity contribution in [2.45, 2.75) is 58.5 Å². The number of ether oxygens (including phenoxy) is 1. The molecule has 2 rings (SSSR count). The smallest absolute Gasteiger partial charge is 0.346 e. The van der Waals surface area contributed by atoms with E-state index in [4.69, 9.17) is 4.74 Å². The Balaban J connectivity index is 2.14. The van der Waals surface area contributed by atoms with E-state index in [-0.39, 0.29) is 23.0 Å². The van der Waals surface area contributed by atoms with Crippen LogP contribution in [0.25, 0.3) is 0 Å². The van der Waals surface area contributed by atoms with Crippen molar-refractivity contribution in [3.63, 3.8) is 0 Å². The largest absolute Gasteiger partial charge is 0.507 e. The van der Waals surface area contributed by atoms with Crippen molar-refractivity contribution in [2.75, 3.05) is 0 Å². The van der Waals surface area contributed by atoms with E-state index in [0.717, 1.165) is 32.1 Å². The van der Waals surface area contributed by atoms with Crippen LogP contribution in [0.5, 0.6) is 0 Å². The Bertz CT molecular complexity index is 402. The molecular weight excluding hydrogens is 244 g/mol. The van der Waals surface area contributed by atoms with Crippen LogP contribution in [0.2, 0.25) is 0 Å². The standard InChI is InChI=1S/C15H22O4/c1-9(2)8-11-14(17)12(15(18)19-11)13(16)10-6-4-3-5-7-10/h9-11,17H,3-8H2,1-2H3. The lowest BCUT2D eigenvalue weighted by Gasteiger charge is -2.19. The zero-order valence-corrected chi connectivity index (χ0v) is 11.6. The molecule has 1 aliphatic carbocycles. The Morgan fingerprint density at radius 1 is 1.32 bits per heavy atom. The summed E-state index contributed by atoms with van der Waals surface area (Å²) in [6.45, 7) is 3.98. The van der Waals surface area contributed by atoms with Crippen molar-refractivity contribution >= 4 is 11.8 Å². The molecule has 1 atom stereocenters. The number of hydrogen-bond donors (Lipinski definition) is 1. The summed E-state index contributed by atoms with van der Waals surface area (Å²) in [5.41, 5.74) is -0.0856. The van der Waals surface area contributed by atoms with Gasteiger partial charge in [0, 0.05) is 5.92 Å². The van der Waals surface area contributed by atoms with Crippen LogP contribution in [0.1, 0.15) is 52.4 Å². The molecule has 0 aromatic rings. The van der Waals surface area contributed by atoms with E-state index < -0.39 is 12.1 Å². The predicted molar refractivity (Wildman–Crippen MR) is 70.6 cm³/mol. The molecule has 1 aliphatic heterocycles. The first-order valence-electron chi connectivity index (χ1n) is 7.19. The lowest BCUT2D eigenvalue weighted by atomic mass is 9.83. The number of aliphatic hydroxyl groups is 1. The van der Waals surface area contributed by atoms with Crippen molar-refractivity contribution in [1.82, 2.24) is 0 Å². The topological polar surface area (TPSA) is 63.6 Å². The van der Waals surface area contributed by atoms with E-state index in [1.807, 2.05) is 13.8 Å². The van der Waals surface area contributed by atoms with Crippen LogP contribution in [0.15, 0.2) is 11.3 Å². The first kappa shape index (κ1) is 14.1. The van der Waals surface area contributed by atoms with Crippen LogP contribution in [0, 0.1) is 11.8 Å². The molecule has 0 radical (unpaired) electrons. The molecule has 2 aliphatic rings. The maximum Gasteiger partial charge on any atom is 0.346 e. The van der Waals surface area contributed by atoms with Gasteiger partial charge in [-0.2, -0.15) is 0 Å². The molecule has 0 spiro atoms. The molecule has 19 heavy (non-hydrogen) atoms. The molecule has 4 heteroatoms. The molecule has 1 fully saturated rings. The Kier molecular flexibility index (Phi) is 4.27. The SMILES string of the molecule is CC(C)CC1OC(=O)C(C(=O)C2CCCCC2)=C1O. The number of cyclic esters (lactones) is 1. The van der Waals surface area contributed by atoms with Crippen molar-refractivity contribution in [2.24, 2.45) is 11.8 Å². The van der Waals surface area contributed by atoms with Gasteiger partial charge in [0.15, 0.2) is 17.6 Å². The van der Waals surface area contributed by atoms with Crippen LogP contribution in [0.4, 0.5) is 0 Å². The third kappa shape index (κ3) is 2.99. The van der Waals surface area contributed by atoms with Crippen LogP contribution < -0.4 is 0 Å². The van der Waals surface area contributed by atoms with Gasteiger partial charge in [-0.05, 0) is 25.2 Å². The maximum atomic E-state index is 12.3. The van der Waals surface area contributed by atoms with Crippen molar-refractivity contribution < 1.29 is 19.4 Å². The van der Waals surface area contributed by atoms with Crippen LogP contribution >= 0.6 is 0 Å². The van der Waals surface area contributed by atoms with E-state index >= 15 is 0 Å². The summed E-state index contributed by atoms with van der Waals surface area (Å²) in [6, 6.07) is 0. The van der Waals surface area contributed by atoms with Crippen molar-refractivity contribution in [3.8, 4) is 0 Å². The van der Waals surface area contributed by atoms with Gasteiger partial charge in [-0.25, -0.2) is 4.79 Å². The zero-order chi connectivity index (χ0) is 14.0. The van der Waals surface area contributed by atoms with Gasteiger partial charge in [0.2, 0.25) is 0 Å². The Morgan fingerprint density at radius 3 is 2.53 bits per heavy atom. The lowest BCUT2D eigenvalue weighted by Crippen LogP contribution is -2.23. The first-order valence-corrected chi connectivity index (χ1v) is 7.19. The van der Waals surface area contributed by atoms with Crippen LogP contribution in [-0.2, 0) is 14.3 Å². The quantitative estimate of drug-likeness (QED) is 0.627. The molecule has 106 valence electrons. The Hall–Kier alpha value is -1.32. The fourth-order valence-electron chi connectivity index (χ4n) is 2.89. The molecule has 0 aromatic carbocycles. The second-order valence-electron chi connectivity index (χ2n) is 5.98. The molecular formula is C15H22O4. The number of aliphatic hydroxyl groups excluding tert-OH is 1. The summed E-state index contributed by atoms with van der Waals surface area (Å²) in [5.74, 6) is -0.818. The first-order chi connectivity index (χ1) is 9.00. The van der Waals surface area contributed by atoms with Crippen molar-refractivity contribution in [1.29, 1.82) is 0 Å². The van der Waals surface area contributed by atoms with Gasteiger partial charge in [0.25, 0.3) is 0 Å². The Labute approximate surface area is 113 Å². The highest BCUT2D eigenvalue weighted by Crippen LogP contribution is 2.32. The van der Waals surface area contributed by atoms with E-state index in [0.29, 0.717) is 12.3 Å². The summed E-state index contributed by atoms with van der Waals surface area (Å²) < 4.78 is 5.13. The third-order valence-corrected chi connectivity index (χ3v) is 3.92. The molecule has 1 saturated carbocycles. The van der Waals surface area contributed by atoms with Gasteiger partial charge >= 0.3 is 5.97 Å². The summed E-state index contributed by atoms with van der Waals surface area (Å²) in [6.07, 6.45) is 4.75. The van der Waals surface area contributed by atoms with Crippen molar-refractivity contribution in [3.05, 3.63) is 11.3 Å². The summed E-state index contributed by atoms with van der Waals surface area (Å²) in [7, 11) is 0. The minimum atomic E-state index is -0.640. The van der Waals surface area contributed by atoms with Gasteiger partial charge < -0.3 is 9.84 Å². The molecule has 0 bridgehead atoms. The Morgan fingerprint density at radius 2 is 1.95 bits per heavy atom. The van der Waals surface area contributed by atoms with Gasteiger partial charge in [-0.1, -0.05) is 33.1 Å². The predicted octanol–water partition coefficient (Wildman–Crippen LogP) is 2.92. The molecule has 0 aromatic heterocycles. The summed E-state index contributed by atoms with van der Waals surface area (Å²) >= 11 is 0. The number of Topliss-reactive ketones (excluding diaryl/α,β-unsaturated/α-hetero) is 1. The molecule has 0 saturated heterocycles. The number of ketones is 1. The highest BCUT2D eigenvalue weighted by molar-refractivity contribution is 6.19. The van der Waals surface area contributed by atoms with E-state index in [9.17, 15) is 14.7 Å². The average Bonchev–Trinajstić information content (AvgIpc) is 2.64. The number of hydrogen-bond acceptors (Lipinski definition) is 4. The summed E-state index contributed by atoms with van der Waals surface area (Å²) in [4.78, 5) is 24.1. The molecule has 0 amide bonds.